The van der Waals surface area contributed by atoms with Crippen molar-refractivity contribution >= 4 is 15.9 Å². The number of aliphatic hydroxyl groups is 1. The van der Waals surface area contributed by atoms with Gasteiger partial charge in [-0.3, -0.25) is 9.69 Å². The number of sulfonamides is 1. The number of hydrogen-bond donors (Lipinski definition) is 3. The highest BCUT2D eigenvalue weighted by molar-refractivity contribution is 7.89. The molecule has 5 aromatic rings. The minimum absolute atomic E-state index is 0.0137. The number of nitrogens with one attached hydrogen (secondary N) is 2. The number of nitrogens with zero attached hydrogens (tertiary/aromatic N) is 1. The second-order valence-corrected chi connectivity index (χ2v) is 17.1. The number of methoxy groups -OCH3 is 2. The largest absolute Gasteiger partial charge is 0.493 e. The molecule has 2 aliphatic rings. The third-order valence-corrected chi connectivity index (χ3v) is 12.8. The molecule has 5 aromatic carbocycles. The summed E-state index contributed by atoms with van der Waals surface area (Å²) in [6.07, 6.45) is -0.0231. The zero-order valence-corrected chi connectivity index (χ0v) is 34.8. The van der Waals surface area contributed by atoms with Crippen molar-refractivity contribution in [3.8, 4) is 11.5 Å². The van der Waals surface area contributed by atoms with Crippen LogP contribution in [0, 0.1) is 12.8 Å². The van der Waals surface area contributed by atoms with Crippen LogP contribution in [0.25, 0.3) is 0 Å². The number of carbonyl (C=O) groups is 1. The third-order valence-electron chi connectivity index (χ3n) is 11.3. The molecule has 7 rings (SSSR count). The van der Waals surface area contributed by atoms with Crippen LogP contribution in [-0.4, -0.2) is 63.8 Å². The number of fused-ring (bicyclic) bond motifs is 1. The molecule has 1 saturated heterocycles. The standard InChI is InChI=1S/C47H53N3O8S/c1-31-10-20-40(21-11-31)59(53,54)49-41(24-33-8-6-5-7-9-33)46(52)48-27-34-12-18-37(19-13-34)47-57-44(32(2)45(58-47)36-16-14-35(30-51)15-17-36)29-50-23-22-38-25-42(55-3)43(56-4)26-39(38)28-50/h5-21,25-26,32,41,44-45,47,49,51H,22-24,27-30H2,1-4H3,(H,48,52). The van der Waals surface area contributed by atoms with Crippen molar-refractivity contribution in [1.29, 1.82) is 0 Å². The minimum atomic E-state index is -3.97. The Morgan fingerprint density at radius 2 is 1.47 bits per heavy atom. The second kappa shape index (κ2) is 18.9. The quantitative estimate of drug-likeness (QED) is 0.107. The number of carbonyl (C=O) groups excluding carboxylic acids is 1. The predicted molar refractivity (Wildman–Crippen MR) is 225 cm³/mol. The van der Waals surface area contributed by atoms with E-state index in [-0.39, 0.29) is 42.6 Å². The number of aliphatic hydroxyl groups excluding tert-OH is 1. The van der Waals surface area contributed by atoms with Gasteiger partial charge >= 0.3 is 0 Å². The van der Waals surface area contributed by atoms with Gasteiger partial charge in [-0.2, -0.15) is 4.72 Å². The number of rotatable bonds is 15. The number of hydrogen-bond acceptors (Lipinski definition) is 9. The predicted octanol–water partition coefficient (Wildman–Crippen LogP) is 6.56. The molecular weight excluding hydrogens is 767 g/mol. The van der Waals surface area contributed by atoms with Gasteiger partial charge < -0.3 is 29.4 Å². The van der Waals surface area contributed by atoms with Crippen LogP contribution in [0.5, 0.6) is 11.5 Å². The first-order chi connectivity index (χ1) is 28.5. The first-order valence-corrected chi connectivity index (χ1v) is 21.5. The van der Waals surface area contributed by atoms with Gasteiger partial charge in [-0.1, -0.05) is 103 Å². The Labute approximate surface area is 347 Å². The van der Waals surface area contributed by atoms with Crippen LogP contribution in [0.4, 0.5) is 0 Å². The lowest BCUT2D eigenvalue weighted by molar-refractivity contribution is -0.276. The fourth-order valence-electron chi connectivity index (χ4n) is 7.80. The Hall–Kier alpha value is -5.08. The molecule has 1 amide bonds. The summed E-state index contributed by atoms with van der Waals surface area (Å²) in [6.45, 7) is 6.52. The van der Waals surface area contributed by atoms with Crippen LogP contribution in [0.15, 0.2) is 120 Å². The van der Waals surface area contributed by atoms with E-state index in [9.17, 15) is 18.3 Å². The highest BCUT2D eigenvalue weighted by atomic mass is 32.2. The second-order valence-electron chi connectivity index (χ2n) is 15.4. The van der Waals surface area contributed by atoms with E-state index in [1.165, 1.54) is 23.3 Å². The summed E-state index contributed by atoms with van der Waals surface area (Å²) in [5.41, 5.74) is 7.74. The average Bonchev–Trinajstić information content (AvgIpc) is 3.26. The lowest BCUT2D eigenvalue weighted by Crippen LogP contribution is -2.47. The lowest BCUT2D eigenvalue weighted by Gasteiger charge is -2.43. The first kappa shape index (κ1) is 42.1. The molecule has 2 aliphatic heterocycles. The van der Waals surface area contributed by atoms with Crippen molar-refractivity contribution in [2.45, 2.75) is 75.8 Å². The van der Waals surface area contributed by atoms with Gasteiger partial charge in [0.05, 0.1) is 37.9 Å². The van der Waals surface area contributed by atoms with Crippen molar-refractivity contribution in [2.75, 3.05) is 27.3 Å². The van der Waals surface area contributed by atoms with Gasteiger partial charge in [0.25, 0.3) is 0 Å². The molecule has 11 nitrogen and oxygen atoms in total. The summed E-state index contributed by atoms with van der Waals surface area (Å²) in [5, 5.41) is 12.6. The van der Waals surface area contributed by atoms with Gasteiger partial charge in [-0.15, -0.1) is 0 Å². The van der Waals surface area contributed by atoms with Crippen molar-refractivity contribution in [3.63, 3.8) is 0 Å². The van der Waals surface area contributed by atoms with Crippen molar-refractivity contribution in [3.05, 3.63) is 160 Å². The minimum Gasteiger partial charge on any atom is -0.493 e. The van der Waals surface area contributed by atoms with E-state index in [4.69, 9.17) is 18.9 Å². The molecule has 0 radical (unpaired) electrons. The zero-order chi connectivity index (χ0) is 41.5. The van der Waals surface area contributed by atoms with Crippen LogP contribution in [0.3, 0.4) is 0 Å². The summed E-state index contributed by atoms with van der Waals surface area (Å²) in [5.74, 6) is 1.03. The first-order valence-electron chi connectivity index (χ1n) is 20.0. The monoisotopic (exact) mass is 819 g/mol. The fourth-order valence-corrected chi connectivity index (χ4v) is 8.99. The van der Waals surface area contributed by atoms with Crippen LogP contribution >= 0.6 is 0 Å². The van der Waals surface area contributed by atoms with E-state index in [0.717, 1.165) is 58.6 Å². The fraction of sp³-hybridized carbons (Fsp3) is 0.340. The summed E-state index contributed by atoms with van der Waals surface area (Å²) >= 11 is 0. The summed E-state index contributed by atoms with van der Waals surface area (Å²) in [6, 6.07) is 34.6. The van der Waals surface area contributed by atoms with Crippen LogP contribution in [-0.2, 0) is 56.8 Å². The van der Waals surface area contributed by atoms with Gasteiger partial charge in [-0.25, -0.2) is 8.42 Å². The van der Waals surface area contributed by atoms with Crippen LogP contribution in [0.1, 0.15) is 63.8 Å². The SMILES string of the molecule is COc1cc2c(cc1OC)CN(CC1OC(c3ccc(CNC(=O)C(Cc4ccccc4)NS(=O)(=O)c4ccc(C)cc4)cc3)OC(c3ccc(CO)cc3)C1C)CC2. The molecular formula is C47H53N3O8S. The van der Waals surface area contributed by atoms with Gasteiger partial charge in [-0.05, 0) is 77.4 Å². The number of aryl methyl sites for hydroxylation is 1. The maximum Gasteiger partial charge on any atom is 0.241 e. The van der Waals surface area contributed by atoms with E-state index in [2.05, 4.69) is 34.0 Å². The maximum atomic E-state index is 13.7. The van der Waals surface area contributed by atoms with E-state index >= 15 is 0 Å². The van der Waals surface area contributed by atoms with Gasteiger partial charge in [0, 0.05) is 37.7 Å². The Balaban J connectivity index is 1.06. The Morgan fingerprint density at radius 3 is 2.14 bits per heavy atom. The molecule has 59 heavy (non-hydrogen) atoms. The van der Waals surface area contributed by atoms with Gasteiger partial charge in [0.1, 0.15) is 6.04 Å². The molecule has 2 heterocycles. The van der Waals surface area contributed by atoms with Crippen molar-refractivity contribution in [2.24, 2.45) is 5.92 Å². The van der Waals surface area contributed by atoms with E-state index in [0.29, 0.717) is 12.3 Å². The highest BCUT2D eigenvalue weighted by Gasteiger charge is 2.39. The molecule has 1 fully saturated rings. The van der Waals surface area contributed by atoms with Gasteiger partial charge in [0.2, 0.25) is 15.9 Å². The smallest absolute Gasteiger partial charge is 0.241 e. The van der Waals surface area contributed by atoms with E-state index < -0.39 is 28.3 Å². The molecule has 0 spiro atoms. The molecule has 5 unspecified atom stereocenters. The number of benzene rings is 5. The Morgan fingerprint density at radius 1 is 0.831 bits per heavy atom. The van der Waals surface area contributed by atoms with Crippen LogP contribution in [0.2, 0.25) is 0 Å². The van der Waals surface area contributed by atoms with E-state index in [1.54, 1.807) is 26.4 Å². The third kappa shape index (κ3) is 10.2. The molecule has 5 atom stereocenters. The molecule has 12 heteroatoms. The molecule has 0 bridgehead atoms. The summed E-state index contributed by atoms with van der Waals surface area (Å²) in [7, 11) is -0.658. The average molecular weight is 820 g/mol. The topological polar surface area (TPSA) is 136 Å². The normalized spacial score (nSPS) is 20.0. The summed E-state index contributed by atoms with van der Waals surface area (Å²) < 4.78 is 54.0. The van der Waals surface area contributed by atoms with Crippen molar-refractivity contribution in [1.82, 2.24) is 14.9 Å². The molecule has 3 N–H and O–H groups in total. The lowest BCUT2D eigenvalue weighted by atomic mass is 9.89. The number of amides is 1. The van der Waals surface area contributed by atoms with Gasteiger partial charge in [0.15, 0.2) is 17.8 Å². The Kier molecular flexibility index (Phi) is 13.5. The Bertz CT molecular complexity index is 2290. The maximum absolute atomic E-state index is 13.7. The molecule has 310 valence electrons. The molecule has 0 aromatic heterocycles. The summed E-state index contributed by atoms with van der Waals surface area (Å²) in [4.78, 5) is 16.2. The number of ether oxygens (including phenoxy) is 4. The highest BCUT2D eigenvalue weighted by Crippen LogP contribution is 2.42. The van der Waals surface area contributed by atoms with Crippen molar-refractivity contribution < 1.29 is 37.3 Å². The molecule has 0 saturated carbocycles. The van der Waals surface area contributed by atoms with Crippen LogP contribution < -0.4 is 19.5 Å². The van der Waals surface area contributed by atoms with E-state index in [1.807, 2.05) is 85.8 Å². The molecule has 0 aliphatic carbocycles. The zero-order valence-electron chi connectivity index (χ0n) is 34.0.